The normalized spacial score (nSPS) is 17.2. The summed E-state index contributed by atoms with van der Waals surface area (Å²) in [5.74, 6) is 0.579. The minimum atomic E-state index is -0.334. The van der Waals surface area contributed by atoms with Crippen LogP contribution in [-0.2, 0) is 4.74 Å². The Morgan fingerprint density at radius 3 is 2.25 bits per heavy atom. The summed E-state index contributed by atoms with van der Waals surface area (Å²) in [5, 5.41) is 12.0. The molecule has 0 unspecified atom stereocenters. The van der Waals surface area contributed by atoms with E-state index in [0.29, 0.717) is 19.1 Å². The lowest BCUT2D eigenvalue weighted by Crippen LogP contribution is -2.39. The summed E-state index contributed by atoms with van der Waals surface area (Å²) in [6, 6.07) is 16.7. The molecule has 2 N–H and O–H groups in total. The number of carbonyl (C=O) groups is 1. The van der Waals surface area contributed by atoms with Crippen LogP contribution >= 0.6 is 0 Å². The molecule has 0 spiro atoms. The summed E-state index contributed by atoms with van der Waals surface area (Å²) in [5.41, 5.74) is 4.93. The van der Waals surface area contributed by atoms with Gasteiger partial charge in [0.1, 0.15) is 6.61 Å². The number of likely N-dealkylation sites (tertiary alicyclic amines) is 1. The zero-order valence-corrected chi connectivity index (χ0v) is 16.1. The van der Waals surface area contributed by atoms with Crippen molar-refractivity contribution in [2.45, 2.75) is 18.8 Å². The van der Waals surface area contributed by atoms with E-state index >= 15 is 0 Å². The monoisotopic (exact) mass is 380 g/mol. The Hall–Kier alpha value is -2.37. The highest BCUT2D eigenvalue weighted by molar-refractivity contribution is 5.79. The van der Waals surface area contributed by atoms with Crippen molar-refractivity contribution in [3.63, 3.8) is 0 Å². The minimum Gasteiger partial charge on any atom is -0.449 e. The summed E-state index contributed by atoms with van der Waals surface area (Å²) in [6.45, 7) is 3.93. The predicted octanol–water partition coefficient (Wildman–Crippen LogP) is 3.23. The number of ether oxygens (including phenoxy) is 1. The molecule has 1 aliphatic heterocycles. The van der Waals surface area contributed by atoms with Gasteiger partial charge in [-0.2, -0.15) is 0 Å². The molecule has 1 saturated heterocycles. The van der Waals surface area contributed by atoms with Gasteiger partial charge in [0.15, 0.2) is 0 Å². The highest BCUT2D eigenvalue weighted by atomic mass is 16.5. The summed E-state index contributed by atoms with van der Waals surface area (Å²) < 4.78 is 5.60. The molecule has 1 aliphatic carbocycles. The Labute approximate surface area is 166 Å². The molecule has 2 aromatic carbocycles. The van der Waals surface area contributed by atoms with Crippen LogP contribution in [0.15, 0.2) is 48.5 Å². The Morgan fingerprint density at radius 2 is 1.64 bits per heavy atom. The number of hydrogen-bond donors (Lipinski definition) is 2. The highest BCUT2D eigenvalue weighted by Crippen LogP contribution is 2.44. The molecular weight excluding hydrogens is 352 g/mol. The van der Waals surface area contributed by atoms with Gasteiger partial charge >= 0.3 is 6.09 Å². The number of amides is 1. The van der Waals surface area contributed by atoms with Gasteiger partial charge in [-0.05, 0) is 54.1 Å². The molecule has 1 fully saturated rings. The van der Waals surface area contributed by atoms with Crippen LogP contribution in [-0.4, -0.2) is 55.5 Å². The Bertz CT molecular complexity index is 769. The van der Waals surface area contributed by atoms with Crippen molar-refractivity contribution >= 4 is 6.09 Å². The fraction of sp³-hybridized carbons (Fsp3) is 0.435. The van der Waals surface area contributed by atoms with Gasteiger partial charge < -0.3 is 20.1 Å². The standard InChI is InChI=1S/C23H28N2O3/c26-14-13-25-11-9-17(10-12-25)15-24-23(27)28-16-22-20-7-3-1-5-18(20)19-6-2-4-8-21(19)22/h1-8,17,22,26H,9-16H2,(H,24,27). The topological polar surface area (TPSA) is 61.8 Å². The molecule has 0 radical (unpaired) electrons. The van der Waals surface area contributed by atoms with Crippen LogP contribution in [0.5, 0.6) is 0 Å². The van der Waals surface area contributed by atoms with Gasteiger partial charge in [-0.1, -0.05) is 48.5 Å². The van der Waals surface area contributed by atoms with Crippen LogP contribution in [0, 0.1) is 5.92 Å². The van der Waals surface area contributed by atoms with E-state index < -0.39 is 0 Å². The molecular formula is C23H28N2O3. The zero-order valence-electron chi connectivity index (χ0n) is 16.1. The Kier molecular flexibility index (Phi) is 5.93. The summed E-state index contributed by atoms with van der Waals surface area (Å²) >= 11 is 0. The first kappa shape index (κ1) is 19.0. The highest BCUT2D eigenvalue weighted by Gasteiger charge is 2.29. The number of nitrogens with zero attached hydrogens (tertiary/aromatic N) is 1. The van der Waals surface area contributed by atoms with Gasteiger partial charge in [0.05, 0.1) is 6.61 Å². The van der Waals surface area contributed by atoms with Gasteiger partial charge in [0, 0.05) is 19.0 Å². The van der Waals surface area contributed by atoms with E-state index in [9.17, 15) is 4.79 Å². The number of carbonyl (C=O) groups excluding carboxylic acids is 1. The van der Waals surface area contributed by atoms with Crippen LogP contribution < -0.4 is 5.32 Å². The van der Waals surface area contributed by atoms with Crippen LogP contribution in [0.25, 0.3) is 11.1 Å². The predicted molar refractivity (Wildman–Crippen MR) is 109 cm³/mol. The van der Waals surface area contributed by atoms with E-state index in [4.69, 9.17) is 9.84 Å². The molecule has 5 heteroatoms. The SMILES string of the molecule is O=C(NCC1CCN(CCO)CC1)OCC1c2ccccc2-c2ccccc21. The minimum absolute atomic E-state index is 0.0971. The quantitative estimate of drug-likeness (QED) is 0.808. The van der Waals surface area contributed by atoms with Crippen LogP contribution in [0.1, 0.15) is 29.9 Å². The summed E-state index contributed by atoms with van der Waals surface area (Å²) in [7, 11) is 0. The lowest BCUT2D eigenvalue weighted by molar-refractivity contribution is 0.130. The van der Waals surface area contributed by atoms with Gasteiger partial charge in [0.2, 0.25) is 0 Å². The maximum Gasteiger partial charge on any atom is 0.407 e. The maximum atomic E-state index is 12.3. The molecule has 2 aromatic rings. The lowest BCUT2D eigenvalue weighted by Gasteiger charge is -2.31. The number of piperidine rings is 1. The molecule has 0 atom stereocenters. The van der Waals surface area contributed by atoms with Gasteiger partial charge in [-0.15, -0.1) is 0 Å². The first-order valence-electron chi connectivity index (χ1n) is 10.2. The zero-order chi connectivity index (χ0) is 19.3. The molecule has 0 bridgehead atoms. The third kappa shape index (κ3) is 4.05. The number of aliphatic hydroxyl groups excluding tert-OH is 1. The molecule has 4 rings (SSSR count). The molecule has 0 saturated carbocycles. The molecule has 148 valence electrons. The van der Waals surface area contributed by atoms with Crippen LogP contribution in [0.3, 0.4) is 0 Å². The average molecular weight is 380 g/mol. The second kappa shape index (κ2) is 8.76. The van der Waals surface area contributed by atoms with E-state index in [1.54, 1.807) is 0 Å². The van der Waals surface area contributed by atoms with Crippen molar-refractivity contribution in [1.82, 2.24) is 10.2 Å². The number of aliphatic hydroxyl groups is 1. The second-order valence-electron chi connectivity index (χ2n) is 7.72. The number of rotatable bonds is 6. The van der Waals surface area contributed by atoms with E-state index in [1.807, 2.05) is 12.1 Å². The number of hydrogen-bond acceptors (Lipinski definition) is 4. The molecule has 5 nitrogen and oxygen atoms in total. The third-order valence-corrected chi connectivity index (χ3v) is 6.00. The fourth-order valence-electron chi connectivity index (χ4n) is 4.43. The first-order chi connectivity index (χ1) is 13.8. The van der Waals surface area contributed by atoms with Gasteiger partial charge in [-0.3, -0.25) is 0 Å². The number of β-amino-alcohol motifs (C(OH)–C–C–N with tert-alkyl or cyclic N) is 1. The molecule has 0 aromatic heterocycles. The average Bonchev–Trinajstić information content (AvgIpc) is 3.06. The second-order valence-corrected chi connectivity index (χ2v) is 7.72. The lowest BCUT2D eigenvalue weighted by atomic mass is 9.97. The summed E-state index contributed by atoms with van der Waals surface area (Å²) in [4.78, 5) is 14.5. The number of benzene rings is 2. The molecule has 1 heterocycles. The largest absolute Gasteiger partial charge is 0.449 e. The first-order valence-corrected chi connectivity index (χ1v) is 10.2. The van der Waals surface area contributed by atoms with Crippen molar-refractivity contribution in [1.29, 1.82) is 0 Å². The number of nitrogens with one attached hydrogen (secondary N) is 1. The van der Waals surface area contributed by atoms with Crippen molar-refractivity contribution in [3.05, 3.63) is 59.7 Å². The maximum absolute atomic E-state index is 12.3. The molecule has 1 amide bonds. The van der Waals surface area contributed by atoms with Crippen molar-refractivity contribution < 1.29 is 14.6 Å². The Morgan fingerprint density at radius 1 is 1.04 bits per heavy atom. The Balaban J connectivity index is 1.29. The molecule has 28 heavy (non-hydrogen) atoms. The van der Waals surface area contributed by atoms with E-state index in [1.165, 1.54) is 22.3 Å². The smallest absolute Gasteiger partial charge is 0.407 e. The van der Waals surface area contributed by atoms with E-state index in [0.717, 1.165) is 32.5 Å². The number of alkyl carbamates (subject to hydrolysis) is 1. The van der Waals surface area contributed by atoms with Gasteiger partial charge in [0.25, 0.3) is 0 Å². The molecule has 2 aliphatic rings. The third-order valence-electron chi connectivity index (χ3n) is 6.00. The van der Waals surface area contributed by atoms with Crippen molar-refractivity contribution in [2.24, 2.45) is 5.92 Å². The van der Waals surface area contributed by atoms with Crippen molar-refractivity contribution in [3.8, 4) is 11.1 Å². The summed E-state index contributed by atoms with van der Waals surface area (Å²) in [6.07, 6.45) is 1.76. The van der Waals surface area contributed by atoms with Crippen molar-refractivity contribution in [2.75, 3.05) is 39.4 Å². The van der Waals surface area contributed by atoms with E-state index in [-0.39, 0.29) is 18.6 Å². The van der Waals surface area contributed by atoms with Gasteiger partial charge in [-0.25, -0.2) is 4.79 Å². The fourth-order valence-corrected chi connectivity index (χ4v) is 4.43. The number of fused-ring (bicyclic) bond motifs is 3. The van der Waals surface area contributed by atoms with Crippen LogP contribution in [0.4, 0.5) is 4.79 Å². The van der Waals surface area contributed by atoms with E-state index in [2.05, 4.69) is 46.6 Å². The van der Waals surface area contributed by atoms with Crippen LogP contribution in [0.2, 0.25) is 0 Å².